The highest BCUT2D eigenvalue weighted by molar-refractivity contribution is 5.83. The Labute approximate surface area is 121 Å². The number of hydrogen-bond acceptors (Lipinski definition) is 2. The van der Waals surface area contributed by atoms with Crippen molar-refractivity contribution < 1.29 is 4.79 Å². The van der Waals surface area contributed by atoms with E-state index < -0.39 is 6.04 Å². The molecule has 20 heavy (non-hydrogen) atoms. The molecular formula is C17H26N2O. The molecule has 0 heterocycles. The Morgan fingerprint density at radius 1 is 1.15 bits per heavy atom. The molecule has 1 aliphatic carbocycles. The number of nitrogens with two attached hydrogens (primary N) is 1. The fourth-order valence-corrected chi connectivity index (χ4v) is 3.05. The van der Waals surface area contributed by atoms with Crippen LogP contribution in [0.2, 0.25) is 0 Å². The van der Waals surface area contributed by atoms with Crippen LogP contribution in [0.1, 0.15) is 57.1 Å². The van der Waals surface area contributed by atoms with E-state index in [1.165, 1.54) is 38.5 Å². The van der Waals surface area contributed by atoms with Gasteiger partial charge in [0.15, 0.2) is 0 Å². The molecule has 1 amide bonds. The number of nitrogens with one attached hydrogen (secondary N) is 1. The van der Waals surface area contributed by atoms with E-state index in [1.54, 1.807) is 0 Å². The van der Waals surface area contributed by atoms with Crippen molar-refractivity contribution in [3.63, 3.8) is 0 Å². The summed E-state index contributed by atoms with van der Waals surface area (Å²) in [5.41, 5.74) is 6.91. The van der Waals surface area contributed by atoms with Gasteiger partial charge in [0, 0.05) is 6.04 Å². The van der Waals surface area contributed by atoms with E-state index in [0.29, 0.717) is 5.92 Å². The first-order valence-corrected chi connectivity index (χ1v) is 7.79. The van der Waals surface area contributed by atoms with Crippen LogP contribution in [0, 0.1) is 5.92 Å². The number of hydrogen-bond donors (Lipinski definition) is 2. The summed E-state index contributed by atoms with van der Waals surface area (Å²) in [7, 11) is 0. The monoisotopic (exact) mass is 274 g/mol. The van der Waals surface area contributed by atoms with Gasteiger partial charge in [-0.3, -0.25) is 4.79 Å². The van der Waals surface area contributed by atoms with Gasteiger partial charge in [-0.25, -0.2) is 0 Å². The van der Waals surface area contributed by atoms with Gasteiger partial charge in [-0.05, 0) is 31.2 Å². The van der Waals surface area contributed by atoms with Crippen molar-refractivity contribution in [1.82, 2.24) is 5.32 Å². The lowest BCUT2D eigenvalue weighted by atomic mass is 9.92. The van der Waals surface area contributed by atoms with E-state index in [1.807, 2.05) is 30.3 Å². The third kappa shape index (κ3) is 4.07. The summed E-state index contributed by atoms with van der Waals surface area (Å²) in [5, 5.41) is 3.11. The highest BCUT2D eigenvalue weighted by Crippen LogP contribution is 2.25. The van der Waals surface area contributed by atoms with Gasteiger partial charge in [-0.2, -0.15) is 0 Å². The van der Waals surface area contributed by atoms with Gasteiger partial charge in [0.25, 0.3) is 0 Å². The maximum atomic E-state index is 12.2. The quantitative estimate of drug-likeness (QED) is 0.829. The van der Waals surface area contributed by atoms with Crippen LogP contribution < -0.4 is 11.1 Å². The van der Waals surface area contributed by atoms with Crippen molar-refractivity contribution in [1.29, 1.82) is 0 Å². The fraction of sp³-hybridized carbons (Fsp3) is 0.588. The van der Waals surface area contributed by atoms with E-state index in [9.17, 15) is 4.79 Å². The number of carbonyl (C=O) groups is 1. The number of amides is 1. The molecule has 2 atom stereocenters. The molecule has 1 saturated carbocycles. The molecule has 0 aliphatic heterocycles. The average Bonchev–Trinajstić information content (AvgIpc) is 2.76. The van der Waals surface area contributed by atoms with Crippen LogP contribution in [-0.4, -0.2) is 11.9 Å². The average molecular weight is 274 g/mol. The van der Waals surface area contributed by atoms with E-state index in [0.717, 1.165) is 5.56 Å². The van der Waals surface area contributed by atoms with Crippen molar-refractivity contribution in [2.45, 2.75) is 57.5 Å². The molecule has 1 aromatic rings. The van der Waals surface area contributed by atoms with Gasteiger partial charge in [0.1, 0.15) is 6.04 Å². The van der Waals surface area contributed by atoms with E-state index in [4.69, 9.17) is 5.73 Å². The molecule has 1 aromatic carbocycles. The van der Waals surface area contributed by atoms with Crippen molar-refractivity contribution in [3.8, 4) is 0 Å². The molecule has 2 rings (SSSR count). The Morgan fingerprint density at radius 2 is 1.75 bits per heavy atom. The zero-order valence-electron chi connectivity index (χ0n) is 12.3. The van der Waals surface area contributed by atoms with Gasteiger partial charge in [-0.15, -0.1) is 0 Å². The third-order valence-electron chi connectivity index (χ3n) is 4.42. The predicted molar refractivity (Wildman–Crippen MR) is 82.2 cm³/mol. The molecule has 0 saturated heterocycles. The molecule has 1 aliphatic rings. The smallest absolute Gasteiger partial charge is 0.241 e. The van der Waals surface area contributed by atoms with E-state index >= 15 is 0 Å². The van der Waals surface area contributed by atoms with Crippen molar-refractivity contribution >= 4 is 5.91 Å². The molecule has 1 fully saturated rings. The molecule has 3 heteroatoms. The molecule has 3 nitrogen and oxygen atoms in total. The maximum Gasteiger partial charge on any atom is 0.241 e. The first-order chi connectivity index (χ1) is 9.68. The zero-order chi connectivity index (χ0) is 14.4. The molecule has 0 radical (unpaired) electrons. The zero-order valence-corrected chi connectivity index (χ0v) is 12.3. The number of benzene rings is 1. The van der Waals surface area contributed by atoms with Crippen LogP contribution in [0.25, 0.3) is 0 Å². The standard InChI is InChI=1S/C17H26N2O/c1-13(14-9-5-2-3-6-10-14)19-17(20)16(18)15-11-7-4-8-12-15/h4,7-8,11-14,16H,2-3,5-6,9-10,18H2,1H3,(H,19,20)/t13-,16-/m1/s1. The maximum absolute atomic E-state index is 12.2. The third-order valence-corrected chi connectivity index (χ3v) is 4.42. The largest absolute Gasteiger partial charge is 0.352 e. The lowest BCUT2D eigenvalue weighted by Crippen LogP contribution is -2.42. The van der Waals surface area contributed by atoms with Gasteiger partial charge >= 0.3 is 0 Å². The highest BCUT2D eigenvalue weighted by Gasteiger charge is 2.23. The first-order valence-electron chi connectivity index (χ1n) is 7.79. The predicted octanol–water partition coefficient (Wildman–Crippen LogP) is 3.16. The van der Waals surface area contributed by atoms with Crippen molar-refractivity contribution in [2.24, 2.45) is 11.7 Å². The van der Waals surface area contributed by atoms with Crippen LogP contribution in [0.5, 0.6) is 0 Å². The summed E-state index contributed by atoms with van der Waals surface area (Å²) in [5.74, 6) is 0.539. The molecule has 0 aromatic heterocycles. The number of rotatable bonds is 4. The summed E-state index contributed by atoms with van der Waals surface area (Å²) in [4.78, 5) is 12.2. The summed E-state index contributed by atoms with van der Waals surface area (Å²) in [6, 6.07) is 9.22. The van der Waals surface area contributed by atoms with Crippen LogP contribution >= 0.6 is 0 Å². The highest BCUT2D eigenvalue weighted by atomic mass is 16.2. The Hall–Kier alpha value is -1.35. The van der Waals surface area contributed by atoms with Crippen LogP contribution in [-0.2, 0) is 4.79 Å². The molecular weight excluding hydrogens is 248 g/mol. The molecule has 3 N–H and O–H groups in total. The SMILES string of the molecule is C[C@@H](NC(=O)[C@H](N)c1ccccc1)C1CCCCCC1. The fourth-order valence-electron chi connectivity index (χ4n) is 3.05. The Kier molecular flexibility index (Phi) is 5.60. The second-order valence-electron chi connectivity index (χ2n) is 5.94. The van der Waals surface area contributed by atoms with Gasteiger partial charge in [0.05, 0.1) is 0 Å². The van der Waals surface area contributed by atoms with Gasteiger partial charge in [-0.1, -0.05) is 56.0 Å². The minimum atomic E-state index is -0.565. The van der Waals surface area contributed by atoms with Crippen molar-refractivity contribution in [2.75, 3.05) is 0 Å². The summed E-state index contributed by atoms with van der Waals surface area (Å²) < 4.78 is 0. The topological polar surface area (TPSA) is 55.1 Å². The summed E-state index contributed by atoms with van der Waals surface area (Å²) >= 11 is 0. The Morgan fingerprint density at radius 3 is 2.35 bits per heavy atom. The minimum absolute atomic E-state index is 0.0621. The lowest BCUT2D eigenvalue weighted by molar-refractivity contribution is -0.123. The molecule has 0 bridgehead atoms. The Balaban J connectivity index is 1.89. The molecule has 0 unspecified atom stereocenters. The lowest BCUT2D eigenvalue weighted by Gasteiger charge is -2.25. The van der Waals surface area contributed by atoms with Gasteiger partial charge < -0.3 is 11.1 Å². The molecule has 110 valence electrons. The normalized spacial score (nSPS) is 19.9. The van der Waals surface area contributed by atoms with E-state index in [-0.39, 0.29) is 11.9 Å². The van der Waals surface area contributed by atoms with Crippen molar-refractivity contribution in [3.05, 3.63) is 35.9 Å². The second-order valence-corrected chi connectivity index (χ2v) is 5.94. The Bertz CT molecular complexity index is 410. The van der Waals surface area contributed by atoms with Gasteiger partial charge in [0.2, 0.25) is 5.91 Å². The minimum Gasteiger partial charge on any atom is -0.352 e. The van der Waals surface area contributed by atoms with Crippen LogP contribution in [0.4, 0.5) is 0 Å². The summed E-state index contributed by atoms with van der Waals surface area (Å²) in [6.45, 7) is 2.12. The van der Waals surface area contributed by atoms with Crippen LogP contribution in [0.15, 0.2) is 30.3 Å². The van der Waals surface area contributed by atoms with E-state index in [2.05, 4.69) is 12.2 Å². The second kappa shape index (κ2) is 7.44. The first kappa shape index (κ1) is 15.0. The number of carbonyl (C=O) groups excluding carboxylic acids is 1. The summed E-state index contributed by atoms with van der Waals surface area (Å²) in [6.07, 6.45) is 7.69. The molecule has 0 spiro atoms. The van der Waals surface area contributed by atoms with Crippen LogP contribution in [0.3, 0.4) is 0 Å².